The van der Waals surface area contributed by atoms with E-state index >= 15 is 0 Å². The van der Waals surface area contributed by atoms with E-state index in [4.69, 9.17) is 0 Å². The maximum atomic E-state index is 9.90. The molecule has 0 bridgehead atoms. The molecule has 0 aromatic carbocycles. The van der Waals surface area contributed by atoms with Gasteiger partial charge in [0.15, 0.2) is 0 Å². The van der Waals surface area contributed by atoms with Crippen LogP contribution < -0.4 is 0 Å². The summed E-state index contributed by atoms with van der Waals surface area (Å²) in [5, 5.41) is 19.3. The van der Waals surface area contributed by atoms with E-state index in [1.54, 1.807) is 0 Å². The van der Waals surface area contributed by atoms with Gasteiger partial charge in [-0.25, -0.2) is 0 Å². The molecular formula is C12H23NO2. The van der Waals surface area contributed by atoms with Gasteiger partial charge >= 0.3 is 0 Å². The highest BCUT2D eigenvalue weighted by Gasteiger charge is 2.46. The van der Waals surface area contributed by atoms with Crippen molar-refractivity contribution < 1.29 is 10.2 Å². The second-order valence-corrected chi connectivity index (χ2v) is 5.28. The molecule has 1 aliphatic carbocycles. The van der Waals surface area contributed by atoms with Crippen LogP contribution in [0.25, 0.3) is 0 Å². The van der Waals surface area contributed by atoms with Crippen molar-refractivity contribution in [1.82, 2.24) is 4.90 Å². The summed E-state index contributed by atoms with van der Waals surface area (Å²) in [4.78, 5) is 2.41. The summed E-state index contributed by atoms with van der Waals surface area (Å²) >= 11 is 0. The lowest BCUT2D eigenvalue weighted by Crippen LogP contribution is -2.46. The van der Waals surface area contributed by atoms with E-state index in [1.165, 1.54) is 0 Å². The number of fused-ring (bicyclic) bond motifs is 1. The number of piperidine rings is 1. The lowest BCUT2D eigenvalue weighted by atomic mass is 9.78. The zero-order valence-corrected chi connectivity index (χ0v) is 9.76. The molecule has 0 spiro atoms. The molecule has 3 nitrogen and oxygen atoms in total. The Balaban J connectivity index is 2.11. The number of aliphatic hydroxyl groups is 2. The second-order valence-electron chi connectivity index (χ2n) is 5.28. The minimum Gasteiger partial charge on any atom is -0.396 e. The van der Waals surface area contributed by atoms with Gasteiger partial charge in [0.1, 0.15) is 0 Å². The van der Waals surface area contributed by atoms with Crippen molar-refractivity contribution in [3.05, 3.63) is 0 Å². The number of aliphatic hydroxyl groups excluding tert-OH is 2. The number of rotatable bonds is 2. The quantitative estimate of drug-likeness (QED) is 0.704. The molecule has 3 heteroatoms. The standard InChI is InChI=1S/C12H23NO2/c1-3-13-5-9(7-14)10-4-12(15)8(2)11(10)6-13/h8-12,14-15H,3-7H2,1-2H3. The predicted molar refractivity (Wildman–Crippen MR) is 59.5 cm³/mol. The van der Waals surface area contributed by atoms with Gasteiger partial charge in [0.25, 0.3) is 0 Å². The maximum absolute atomic E-state index is 9.90. The first-order valence-electron chi connectivity index (χ1n) is 6.18. The topological polar surface area (TPSA) is 43.7 Å². The highest BCUT2D eigenvalue weighted by atomic mass is 16.3. The molecule has 0 aromatic rings. The summed E-state index contributed by atoms with van der Waals surface area (Å²) < 4.78 is 0. The Morgan fingerprint density at radius 2 is 2.00 bits per heavy atom. The molecule has 5 atom stereocenters. The summed E-state index contributed by atoms with van der Waals surface area (Å²) in [6, 6.07) is 0. The molecule has 1 aliphatic heterocycles. The third-order valence-corrected chi connectivity index (χ3v) is 4.59. The maximum Gasteiger partial charge on any atom is 0.0571 e. The minimum atomic E-state index is -0.147. The molecule has 0 radical (unpaired) electrons. The van der Waals surface area contributed by atoms with Crippen LogP contribution in [0.5, 0.6) is 0 Å². The van der Waals surface area contributed by atoms with Crippen LogP contribution in [0.4, 0.5) is 0 Å². The van der Waals surface area contributed by atoms with Gasteiger partial charge in [-0.05, 0) is 36.6 Å². The van der Waals surface area contributed by atoms with Gasteiger partial charge in [0.05, 0.1) is 6.10 Å². The number of hydrogen-bond donors (Lipinski definition) is 2. The smallest absolute Gasteiger partial charge is 0.0571 e. The van der Waals surface area contributed by atoms with Gasteiger partial charge in [0.2, 0.25) is 0 Å². The highest BCUT2D eigenvalue weighted by molar-refractivity contribution is 4.96. The van der Waals surface area contributed by atoms with Crippen molar-refractivity contribution in [2.45, 2.75) is 26.4 Å². The highest BCUT2D eigenvalue weighted by Crippen LogP contribution is 2.44. The van der Waals surface area contributed by atoms with Crippen molar-refractivity contribution in [2.75, 3.05) is 26.2 Å². The molecule has 2 fully saturated rings. The SMILES string of the molecule is CCN1CC(CO)C2CC(O)C(C)C2C1. The summed E-state index contributed by atoms with van der Waals surface area (Å²) in [7, 11) is 0. The van der Waals surface area contributed by atoms with Crippen LogP contribution in [-0.2, 0) is 0 Å². The lowest BCUT2D eigenvalue weighted by molar-refractivity contribution is 0.0345. The lowest BCUT2D eigenvalue weighted by Gasteiger charge is -2.41. The summed E-state index contributed by atoms with van der Waals surface area (Å²) in [6.45, 7) is 7.77. The molecule has 88 valence electrons. The van der Waals surface area contributed by atoms with Crippen LogP contribution in [0, 0.1) is 23.7 Å². The molecule has 1 saturated heterocycles. The van der Waals surface area contributed by atoms with E-state index < -0.39 is 0 Å². The van der Waals surface area contributed by atoms with Crippen molar-refractivity contribution >= 4 is 0 Å². The fourth-order valence-electron chi connectivity index (χ4n) is 3.48. The average Bonchev–Trinajstić information content (AvgIpc) is 2.54. The van der Waals surface area contributed by atoms with Gasteiger partial charge in [-0.1, -0.05) is 13.8 Å². The Bertz CT molecular complexity index is 222. The third kappa shape index (κ3) is 1.93. The third-order valence-electron chi connectivity index (χ3n) is 4.59. The van der Waals surface area contributed by atoms with E-state index in [1.807, 2.05) is 0 Å². The average molecular weight is 213 g/mol. The van der Waals surface area contributed by atoms with Gasteiger partial charge in [-0.15, -0.1) is 0 Å². The molecule has 0 amide bonds. The van der Waals surface area contributed by atoms with Crippen LogP contribution >= 0.6 is 0 Å². The van der Waals surface area contributed by atoms with Gasteiger partial charge < -0.3 is 15.1 Å². The number of likely N-dealkylation sites (tertiary alicyclic amines) is 1. The first-order valence-corrected chi connectivity index (χ1v) is 6.18. The Morgan fingerprint density at radius 1 is 1.27 bits per heavy atom. The molecule has 1 saturated carbocycles. The Morgan fingerprint density at radius 3 is 2.60 bits per heavy atom. The van der Waals surface area contributed by atoms with E-state index in [-0.39, 0.29) is 12.7 Å². The van der Waals surface area contributed by atoms with E-state index in [0.717, 1.165) is 26.1 Å². The molecular weight excluding hydrogens is 190 g/mol. The minimum absolute atomic E-state index is 0.147. The summed E-state index contributed by atoms with van der Waals surface area (Å²) in [5.74, 6) is 1.91. The van der Waals surface area contributed by atoms with Crippen molar-refractivity contribution in [3.63, 3.8) is 0 Å². The Kier molecular flexibility index (Phi) is 3.33. The fraction of sp³-hybridized carbons (Fsp3) is 1.00. The van der Waals surface area contributed by atoms with E-state index in [0.29, 0.717) is 23.7 Å². The van der Waals surface area contributed by atoms with Crippen LogP contribution in [0.2, 0.25) is 0 Å². The first-order chi connectivity index (χ1) is 7.17. The van der Waals surface area contributed by atoms with Gasteiger partial charge in [0, 0.05) is 19.7 Å². The van der Waals surface area contributed by atoms with E-state index in [2.05, 4.69) is 18.7 Å². The molecule has 0 aromatic heterocycles. The number of nitrogens with zero attached hydrogens (tertiary/aromatic N) is 1. The molecule has 15 heavy (non-hydrogen) atoms. The van der Waals surface area contributed by atoms with Gasteiger partial charge in [-0.3, -0.25) is 0 Å². The van der Waals surface area contributed by atoms with Crippen LogP contribution in [-0.4, -0.2) is 47.5 Å². The largest absolute Gasteiger partial charge is 0.396 e. The van der Waals surface area contributed by atoms with Crippen LogP contribution in [0.3, 0.4) is 0 Å². The molecule has 2 rings (SSSR count). The Labute approximate surface area is 92.1 Å². The molecule has 2 aliphatic rings. The fourth-order valence-corrected chi connectivity index (χ4v) is 3.48. The second kappa shape index (κ2) is 4.40. The van der Waals surface area contributed by atoms with Crippen LogP contribution in [0.15, 0.2) is 0 Å². The monoisotopic (exact) mass is 213 g/mol. The van der Waals surface area contributed by atoms with E-state index in [9.17, 15) is 10.2 Å². The predicted octanol–water partition coefficient (Wildman–Crippen LogP) is 0.563. The van der Waals surface area contributed by atoms with Crippen molar-refractivity contribution in [2.24, 2.45) is 23.7 Å². The summed E-state index contributed by atoms with van der Waals surface area (Å²) in [6.07, 6.45) is 0.750. The van der Waals surface area contributed by atoms with Gasteiger partial charge in [-0.2, -0.15) is 0 Å². The summed E-state index contributed by atoms with van der Waals surface area (Å²) in [5.41, 5.74) is 0. The zero-order valence-electron chi connectivity index (χ0n) is 9.76. The van der Waals surface area contributed by atoms with Crippen molar-refractivity contribution in [1.29, 1.82) is 0 Å². The first kappa shape index (κ1) is 11.4. The van der Waals surface area contributed by atoms with Crippen LogP contribution in [0.1, 0.15) is 20.3 Å². The molecule has 2 N–H and O–H groups in total. The van der Waals surface area contributed by atoms with Crippen molar-refractivity contribution in [3.8, 4) is 0 Å². The molecule has 1 heterocycles. The Hall–Kier alpha value is -0.120. The normalized spacial score (nSPS) is 46.8. The zero-order chi connectivity index (χ0) is 11.0. The number of hydrogen-bond acceptors (Lipinski definition) is 3. The molecule has 5 unspecified atom stereocenters.